The number of aliphatic carboxylic acids is 2. The molecule has 132 valence electrons. The van der Waals surface area contributed by atoms with Gasteiger partial charge in [-0.3, -0.25) is 19.2 Å². The van der Waals surface area contributed by atoms with Gasteiger partial charge in [-0.2, -0.15) is 11.8 Å². The van der Waals surface area contributed by atoms with E-state index in [2.05, 4.69) is 10.6 Å². The fourth-order valence-electron chi connectivity index (χ4n) is 1.49. The van der Waals surface area contributed by atoms with Gasteiger partial charge in [0.1, 0.15) is 18.6 Å². The molecular formula is C13H23N3O6S. The van der Waals surface area contributed by atoms with Gasteiger partial charge >= 0.3 is 11.9 Å². The first-order chi connectivity index (χ1) is 10.8. The van der Waals surface area contributed by atoms with Gasteiger partial charge in [-0.1, -0.05) is 6.92 Å². The molecule has 0 bridgehead atoms. The van der Waals surface area contributed by atoms with Crippen molar-refractivity contribution >= 4 is 35.5 Å². The molecule has 9 nitrogen and oxygen atoms in total. The van der Waals surface area contributed by atoms with E-state index < -0.39 is 42.4 Å². The summed E-state index contributed by atoms with van der Waals surface area (Å²) in [7, 11) is 0. The highest BCUT2D eigenvalue weighted by molar-refractivity contribution is 7.99. The van der Waals surface area contributed by atoms with E-state index >= 15 is 0 Å². The molecule has 0 rings (SSSR count). The minimum absolute atomic E-state index is 0.0489. The zero-order valence-corrected chi connectivity index (χ0v) is 13.7. The first-order valence-corrected chi connectivity index (χ1v) is 8.28. The van der Waals surface area contributed by atoms with Crippen LogP contribution in [0.1, 0.15) is 26.2 Å². The molecule has 0 heterocycles. The smallest absolute Gasteiger partial charge is 0.322 e. The Hall–Kier alpha value is -1.81. The van der Waals surface area contributed by atoms with E-state index in [9.17, 15) is 19.2 Å². The minimum Gasteiger partial charge on any atom is -0.480 e. The Labute approximate surface area is 138 Å². The van der Waals surface area contributed by atoms with Crippen LogP contribution in [-0.4, -0.2) is 64.1 Å². The number of hydrogen-bond acceptors (Lipinski definition) is 6. The van der Waals surface area contributed by atoms with Gasteiger partial charge in [0.25, 0.3) is 0 Å². The molecule has 0 unspecified atom stereocenters. The normalized spacial score (nSPS) is 13.0. The lowest BCUT2D eigenvalue weighted by Crippen LogP contribution is -2.49. The van der Waals surface area contributed by atoms with Crippen LogP contribution in [0.25, 0.3) is 0 Å². The first kappa shape index (κ1) is 21.2. The molecule has 0 aromatic heterocycles. The number of amides is 2. The Morgan fingerprint density at radius 2 is 1.87 bits per heavy atom. The monoisotopic (exact) mass is 349 g/mol. The van der Waals surface area contributed by atoms with Crippen LogP contribution >= 0.6 is 11.8 Å². The van der Waals surface area contributed by atoms with Gasteiger partial charge in [0.2, 0.25) is 11.8 Å². The predicted octanol–water partition coefficient (Wildman–Crippen LogP) is -0.993. The van der Waals surface area contributed by atoms with Crippen molar-refractivity contribution in [3.8, 4) is 0 Å². The van der Waals surface area contributed by atoms with Crippen LogP contribution in [0.2, 0.25) is 0 Å². The van der Waals surface area contributed by atoms with Gasteiger partial charge in [0.15, 0.2) is 0 Å². The summed E-state index contributed by atoms with van der Waals surface area (Å²) in [5.41, 5.74) is 5.31. The molecular weight excluding hydrogens is 326 g/mol. The van der Waals surface area contributed by atoms with Crippen molar-refractivity contribution in [1.29, 1.82) is 0 Å². The fraction of sp³-hybridized carbons (Fsp3) is 0.692. The van der Waals surface area contributed by atoms with Crippen LogP contribution in [0, 0.1) is 0 Å². The lowest BCUT2D eigenvalue weighted by atomic mass is 10.1. The summed E-state index contributed by atoms with van der Waals surface area (Å²) in [6.07, 6.45) is 0.719. The number of rotatable bonds is 12. The van der Waals surface area contributed by atoms with E-state index in [1.165, 1.54) is 11.8 Å². The van der Waals surface area contributed by atoms with E-state index in [1.54, 1.807) is 0 Å². The van der Waals surface area contributed by atoms with Gasteiger partial charge in [-0.05, 0) is 18.6 Å². The number of carbonyl (C=O) groups is 4. The zero-order valence-electron chi connectivity index (χ0n) is 12.9. The van der Waals surface area contributed by atoms with Gasteiger partial charge in [-0.15, -0.1) is 0 Å². The maximum atomic E-state index is 11.9. The molecule has 0 saturated heterocycles. The highest BCUT2D eigenvalue weighted by Gasteiger charge is 2.22. The molecule has 0 radical (unpaired) electrons. The van der Waals surface area contributed by atoms with Crippen LogP contribution < -0.4 is 16.4 Å². The van der Waals surface area contributed by atoms with E-state index in [-0.39, 0.29) is 12.8 Å². The second-order valence-electron chi connectivity index (χ2n) is 4.79. The summed E-state index contributed by atoms with van der Waals surface area (Å²) in [6.45, 7) is 1.44. The number of carboxylic acids is 2. The average Bonchev–Trinajstić information content (AvgIpc) is 2.49. The number of carboxylic acid groups (broad SMARTS) is 2. The third-order valence-electron chi connectivity index (χ3n) is 2.70. The molecule has 6 N–H and O–H groups in total. The summed E-state index contributed by atoms with van der Waals surface area (Å²) in [6, 6.07) is -2.02. The first-order valence-electron chi connectivity index (χ1n) is 7.12. The molecule has 0 aliphatic carbocycles. The Balaban J connectivity index is 4.48. The SMILES string of the molecule is CCCSC[C@@H](NC(=O)CC[C@@H](N)C(=O)O)C(=O)NCC(=O)O. The Kier molecular flexibility index (Phi) is 10.8. The molecule has 0 spiro atoms. The molecule has 0 fully saturated rings. The Morgan fingerprint density at radius 1 is 1.22 bits per heavy atom. The summed E-state index contributed by atoms with van der Waals surface area (Å²) in [5, 5.41) is 21.9. The van der Waals surface area contributed by atoms with Crippen molar-refractivity contribution in [2.45, 2.75) is 38.3 Å². The number of carbonyl (C=O) groups excluding carboxylic acids is 2. The maximum absolute atomic E-state index is 11.9. The molecule has 2 amide bonds. The average molecular weight is 349 g/mol. The van der Waals surface area contributed by atoms with Gasteiger partial charge in [-0.25, -0.2) is 0 Å². The quantitative estimate of drug-likeness (QED) is 0.281. The molecule has 10 heteroatoms. The highest BCUT2D eigenvalue weighted by Crippen LogP contribution is 2.06. The summed E-state index contributed by atoms with van der Waals surface area (Å²) in [4.78, 5) is 44.8. The number of thioether (sulfide) groups is 1. The van der Waals surface area contributed by atoms with Crippen LogP contribution in [-0.2, 0) is 19.2 Å². The summed E-state index contributed by atoms with van der Waals surface area (Å²) < 4.78 is 0. The molecule has 0 aliphatic rings. The van der Waals surface area contributed by atoms with Crippen molar-refractivity contribution in [3.63, 3.8) is 0 Å². The molecule has 0 aromatic carbocycles. The van der Waals surface area contributed by atoms with Crippen LogP contribution in [0.5, 0.6) is 0 Å². The maximum Gasteiger partial charge on any atom is 0.322 e. The van der Waals surface area contributed by atoms with Crippen molar-refractivity contribution < 1.29 is 29.4 Å². The number of nitrogens with two attached hydrogens (primary N) is 1. The van der Waals surface area contributed by atoms with Crippen molar-refractivity contribution in [1.82, 2.24) is 10.6 Å². The predicted molar refractivity (Wildman–Crippen MR) is 85.0 cm³/mol. The highest BCUT2D eigenvalue weighted by atomic mass is 32.2. The molecule has 0 aromatic rings. The van der Waals surface area contributed by atoms with Crippen molar-refractivity contribution in [3.05, 3.63) is 0 Å². The molecule has 2 atom stereocenters. The van der Waals surface area contributed by atoms with Crippen LogP contribution in [0.4, 0.5) is 0 Å². The van der Waals surface area contributed by atoms with Gasteiger partial charge in [0, 0.05) is 12.2 Å². The molecule has 23 heavy (non-hydrogen) atoms. The lowest BCUT2D eigenvalue weighted by molar-refractivity contribution is -0.139. The van der Waals surface area contributed by atoms with Gasteiger partial charge in [0.05, 0.1) is 0 Å². The standard InChI is InChI=1S/C13H23N3O6S/c1-2-5-23-7-9(12(20)15-6-11(18)19)16-10(17)4-3-8(14)13(21)22/h8-9H,2-7,14H2,1H3,(H,15,20)(H,16,17)(H,18,19)(H,21,22)/t8-,9-/m1/s1. The zero-order chi connectivity index (χ0) is 17.8. The number of nitrogens with one attached hydrogen (secondary N) is 2. The molecule has 0 aliphatic heterocycles. The topological polar surface area (TPSA) is 159 Å². The van der Waals surface area contributed by atoms with Crippen molar-refractivity contribution in [2.75, 3.05) is 18.1 Å². The lowest BCUT2D eigenvalue weighted by Gasteiger charge is -2.18. The minimum atomic E-state index is -1.20. The third kappa shape index (κ3) is 10.5. The second-order valence-corrected chi connectivity index (χ2v) is 5.94. The Bertz CT molecular complexity index is 432. The fourth-order valence-corrected chi connectivity index (χ4v) is 2.42. The van der Waals surface area contributed by atoms with Crippen molar-refractivity contribution in [2.24, 2.45) is 5.73 Å². The number of hydrogen-bond donors (Lipinski definition) is 5. The largest absolute Gasteiger partial charge is 0.480 e. The summed E-state index contributed by atoms with van der Waals surface area (Å²) >= 11 is 1.45. The summed E-state index contributed by atoms with van der Waals surface area (Å²) in [5.74, 6) is -2.39. The molecule has 0 saturated carbocycles. The van der Waals surface area contributed by atoms with Crippen LogP contribution in [0.3, 0.4) is 0 Å². The van der Waals surface area contributed by atoms with Crippen LogP contribution in [0.15, 0.2) is 0 Å². The van der Waals surface area contributed by atoms with Gasteiger partial charge < -0.3 is 26.6 Å². The Morgan fingerprint density at radius 3 is 2.39 bits per heavy atom. The second kappa shape index (κ2) is 11.7. The third-order valence-corrected chi connectivity index (χ3v) is 3.96. The van der Waals surface area contributed by atoms with E-state index in [0.717, 1.165) is 12.2 Å². The van der Waals surface area contributed by atoms with E-state index in [4.69, 9.17) is 15.9 Å². The van der Waals surface area contributed by atoms with E-state index in [0.29, 0.717) is 5.75 Å². The van der Waals surface area contributed by atoms with E-state index in [1.807, 2.05) is 6.92 Å².